The van der Waals surface area contributed by atoms with Crippen molar-refractivity contribution in [2.24, 2.45) is 0 Å². The Hall–Kier alpha value is -2.25. The minimum atomic E-state index is -0.913. The third-order valence-corrected chi connectivity index (χ3v) is 3.41. The fourth-order valence-corrected chi connectivity index (χ4v) is 2.33. The lowest BCUT2D eigenvalue weighted by molar-refractivity contribution is 0.0527. The van der Waals surface area contributed by atoms with E-state index in [4.69, 9.17) is 15.6 Å². The molecule has 1 fully saturated rings. The molecule has 8 nitrogen and oxygen atoms in total. The molecule has 1 aromatic heterocycles. The van der Waals surface area contributed by atoms with Gasteiger partial charge in [-0.1, -0.05) is 0 Å². The highest BCUT2D eigenvalue weighted by molar-refractivity contribution is 5.94. The van der Waals surface area contributed by atoms with Crippen LogP contribution in [0.5, 0.6) is 0 Å². The Morgan fingerprint density at radius 2 is 2.15 bits per heavy atom. The van der Waals surface area contributed by atoms with E-state index in [2.05, 4.69) is 5.10 Å². The van der Waals surface area contributed by atoms with Gasteiger partial charge < -0.3 is 20.5 Å². The maximum Gasteiger partial charge on any atom is 0.407 e. The average molecular weight is 282 g/mol. The Labute approximate surface area is 116 Å². The van der Waals surface area contributed by atoms with Crippen molar-refractivity contribution in [3.05, 3.63) is 11.8 Å². The Kier molecular flexibility index (Phi) is 4.11. The van der Waals surface area contributed by atoms with Crippen LogP contribution in [-0.4, -0.2) is 51.5 Å². The first kappa shape index (κ1) is 14.2. The Morgan fingerprint density at radius 1 is 1.50 bits per heavy atom. The van der Waals surface area contributed by atoms with Crippen molar-refractivity contribution in [1.29, 1.82) is 0 Å². The molecule has 1 amide bonds. The van der Waals surface area contributed by atoms with Gasteiger partial charge >= 0.3 is 12.1 Å². The fourth-order valence-electron chi connectivity index (χ4n) is 2.33. The second kappa shape index (κ2) is 5.81. The lowest BCUT2D eigenvalue weighted by Gasteiger charge is -2.30. The number of nitrogen functional groups attached to an aromatic ring is 1. The molecule has 2 heterocycles. The molecule has 0 unspecified atom stereocenters. The molecule has 0 aromatic carbocycles. The van der Waals surface area contributed by atoms with Crippen LogP contribution in [-0.2, 0) is 4.74 Å². The Balaban J connectivity index is 2.08. The van der Waals surface area contributed by atoms with Crippen molar-refractivity contribution in [3.8, 4) is 0 Å². The van der Waals surface area contributed by atoms with Gasteiger partial charge in [-0.15, -0.1) is 0 Å². The highest BCUT2D eigenvalue weighted by Crippen LogP contribution is 2.26. The van der Waals surface area contributed by atoms with Crippen LogP contribution in [0.15, 0.2) is 6.20 Å². The second-order valence-electron chi connectivity index (χ2n) is 4.61. The number of nitrogens with zero attached hydrogens (tertiary/aromatic N) is 3. The minimum Gasteiger partial charge on any atom is -0.465 e. The largest absolute Gasteiger partial charge is 0.465 e. The third-order valence-electron chi connectivity index (χ3n) is 3.41. The first-order valence-electron chi connectivity index (χ1n) is 6.52. The number of esters is 1. The van der Waals surface area contributed by atoms with Crippen molar-refractivity contribution in [3.63, 3.8) is 0 Å². The molecule has 0 spiro atoms. The topological polar surface area (TPSA) is 111 Å². The van der Waals surface area contributed by atoms with Crippen LogP contribution < -0.4 is 5.73 Å². The highest BCUT2D eigenvalue weighted by atomic mass is 16.5. The number of nitrogens with two attached hydrogens (primary N) is 1. The van der Waals surface area contributed by atoms with Gasteiger partial charge in [0, 0.05) is 13.1 Å². The summed E-state index contributed by atoms with van der Waals surface area (Å²) in [4.78, 5) is 23.9. The smallest absolute Gasteiger partial charge is 0.407 e. The third kappa shape index (κ3) is 2.68. The first-order valence-corrected chi connectivity index (χ1v) is 6.52. The molecule has 110 valence electrons. The molecule has 8 heteroatoms. The zero-order valence-electron chi connectivity index (χ0n) is 11.3. The molecule has 0 bridgehead atoms. The molecule has 0 radical (unpaired) electrons. The monoisotopic (exact) mass is 282 g/mol. The average Bonchev–Trinajstić information content (AvgIpc) is 2.81. The van der Waals surface area contributed by atoms with Gasteiger partial charge in [-0.2, -0.15) is 5.10 Å². The molecule has 20 heavy (non-hydrogen) atoms. The zero-order valence-corrected chi connectivity index (χ0v) is 11.3. The first-order chi connectivity index (χ1) is 9.54. The number of hydrogen-bond acceptors (Lipinski definition) is 5. The quantitative estimate of drug-likeness (QED) is 0.799. The molecular formula is C12H18N4O4. The summed E-state index contributed by atoms with van der Waals surface area (Å²) in [6, 6.07) is 0.00813. The van der Waals surface area contributed by atoms with E-state index in [1.807, 2.05) is 0 Å². The van der Waals surface area contributed by atoms with Crippen LogP contribution in [0.25, 0.3) is 0 Å². The predicted molar refractivity (Wildman–Crippen MR) is 70.5 cm³/mol. The number of aromatic nitrogens is 2. The fraction of sp³-hybridized carbons (Fsp3) is 0.583. The van der Waals surface area contributed by atoms with E-state index in [0.29, 0.717) is 25.9 Å². The van der Waals surface area contributed by atoms with Gasteiger partial charge in [-0.05, 0) is 19.8 Å². The molecule has 0 atom stereocenters. The van der Waals surface area contributed by atoms with Gasteiger partial charge in [-0.25, -0.2) is 14.3 Å². The highest BCUT2D eigenvalue weighted by Gasteiger charge is 2.27. The van der Waals surface area contributed by atoms with Crippen molar-refractivity contribution in [2.45, 2.75) is 25.8 Å². The van der Waals surface area contributed by atoms with Gasteiger partial charge in [0.1, 0.15) is 11.4 Å². The van der Waals surface area contributed by atoms with Gasteiger partial charge in [0.15, 0.2) is 0 Å². The number of amides is 1. The zero-order chi connectivity index (χ0) is 14.7. The van der Waals surface area contributed by atoms with E-state index in [1.54, 1.807) is 11.6 Å². The van der Waals surface area contributed by atoms with Crippen molar-refractivity contribution >= 4 is 17.9 Å². The lowest BCUT2D eigenvalue weighted by atomic mass is 10.1. The van der Waals surface area contributed by atoms with Crippen LogP contribution in [0, 0.1) is 0 Å². The van der Waals surface area contributed by atoms with E-state index in [-0.39, 0.29) is 24.0 Å². The molecule has 2 rings (SSSR count). The SMILES string of the molecule is CCOC(=O)c1cnn(C2CCN(C(=O)O)CC2)c1N. The standard InChI is InChI=1S/C12H18N4O4/c1-2-20-11(17)9-7-14-16(10(9)13)8-3-5-15(6-4-8)12(18)19/h7-8H,2-6,13H2,1H3,(H,18,19). The number of anilines is 1. The summed E-state index contributed by atoms with van der Waals surface area (Å²) in [6.07, 6.45) is 1.74. The summed E-state index contributed by atoms with van der Waals surface area (Å²) >= 11 is 0. The molecule has 1 saturated heterocycles. The molecule has 0 aliphatic carbocycles. The van der Waals surface area contributed by atoms with Crippen molar-refractivity contribution < 1.29 is 19.4 Å². The Morgan fingerprint density at radius 3 is 2.70 bits per heavy atom. The van der Waals surface area contributed by atoms with Crippen molar-refractivity contribution in [2.75, 3.05) is 25.4 Å². The summed E-state index contributed by atoms with van der Waals surface area (Å²) in [5, 5.41) is 13.0. The molecule has 1 aliphatic rings. The lowest BCUT2D eigenvalue weighted by Crippen LogP contribution is -2.38. The van der Waals surface area contributed by atoms with Crippen LogP contribution in [0.1, 0.15) is 36.2 Å². The van der Waals surface area contributed by atoms with Crippen molar-refractivity contribution in [1.82, 2.24) is 14.7 Å². The number of ether oxygens (including phenoxy) is 1. The molecule has 1 aliphatic heterocycles. The summed E-state index contributed by atoms with van der Waals surface area (Å²) in [5.74, 6) is -0.212. The number of carbonyl (C=O) groups is 2. The summed E-state index contributed by atoms with van der Waals surface area (Å²) in [7, 11) is 0. The van der Waals surface area contributed by atoms with Gasteiger partial charge in [0.25, 0.3) is 0 Å². The van der Waals surface area contributed by atoms with Crippen LogP contribution >= 0.6 is 0 Å². The molecule has 0 saturated carbocycles. The minimum absolute atomic E-state index is 0.00813. The number of rotatable bonds is 3. The summed E-state index contributed by atoms with van der Waals surface area (Å²) in [6.45, 7) is 2.88. The summed E-state index contributed by atoms with van der Waals surface area (Å²) in [5.41, 5.74) is 6.19. The molecular weight excluding hydrogens is 264 g/mol. The summed E-state index contributed by atoms with van der Waals surface area (Å²) < 4.78 is 6.49. The van der Waals surface area contributed by atoms with Gasteiger partial charge in [0.05, 0.1) is 18.8 Å². The van der Waals surface area contributed by atoms with Gasteiger partial charge in [-0.3, -0.25) is 0 Å². The van der Waals surface area contributed by atoms with E-state index in [9.17, 15) is 9.59 Å². The van der Waals surface area contributed by atoms with Crippen LogP contribution in [0.2, 0.25) is 0 Å². The number of piperidine rings is 1. The van der Waals surface area contributed by atoms with Crippen LogP contribution in [0.3, 0.4) is 0 Å². The molecule has 1 aromatic rings. The molecule has 3 N–H and O–H groups in total. The number of carbonyl (C=O) groups excluding carboxylic acids is 1. The van der Waals surface area contributed by atoms with Gasteiger partial charge in [0.2, 0.25) is 0 Å². The number of likely N-dealkylation sites (tertiary alicyclic amines) is 1. The number of carboxylic acid groups (broad SMARTS) is 1. The van der Waals surface area contributed by atoms with E-state index < -0.39 is 12.1 Å². The normalized spacial score (nSPS) is 16.1. The van der Waals surface area contributed by atoms with E-state index in [1.165, 1.54) is 11.1 Å². The second-order valence-corrected chi connectivity index (χ2v) is 4.61. The Bertz CT molecular complexity index is 506. The van der Waals surface area contributed by atoms with Crippen LogP contribution in [0.4, 0.5) is 10.6 Å². The number of hydrogen-bond donors (Lipinski definition) is 2. The maximum absolute atomic E-state index is 11.7. The maximum atomic E-state index is 11.7. The van der Waals surface area contributed by atoms with E-state index in [0.717, 1.165) is 0 Å². The van der Waals surface area contributed by atoms with E-state index >= 15 is 0 Å². The predicted octanol–water partition coefficient (Wildman–Crippen LogP) is 0.957.